The predicted octanol–water partition coefficient (Wildman–Crippen LogP) is 2.56. The highest BCUT2D eigenvalue weighted by Crippen LogP contribution is 2.41. The lowest BCUT2D eigenvalue weighted by molar-refractivity contribution is -0.127. The Labute approximate surface area is 151 Å². The SMILES string of the molecule is O=C1NCCN(C(=O)N[C@@H]2C[C@H]2c2ccc(F)cc2)C1c1ccccc1. The van der Waals surface area contributed by atoms with Crippen LogP contribution in [-0.2, 0) is 4.79 Å². The number of amides is 3. The molecule has 1 aliphatic carbocycles. The molecule has 0 bridgehead atoms. The van der Waals surface area contributed by atoms with Crippen LogP contribution in [0.4, 0.5) is 9.18 Å². The van der Waals surface area contributed by atoms with Crippen molar-refractivity contribution in [1.82, 2.24) is 15.5 Å². The first-order valence-electron chi connectivity index (χ1n) is 8.79. The van der Waals surface area contributed by atoms with E-state index >= 15 is 0 Å². The average molecular weight is 353 g/mol. The Hall–Kier alpha value is -2.89. The van der Waals surface area contributed by atoms with E-state index in [1.165, 1.54) is 12.1 Å². The van der Waals surface area contributed by atoms with Gasteiger partial charge in [-0.05, 0) is 29.7 Å². The molecule has 2 aliphatic rings. The fraction of sp³-hybridized carbons (Fsp3) is 0.300. The number of hydrogen-bond donors (Lipinski definition) is 2. The third-order valence-electron chi connectivity index (χ3n) is 4.99. The minimum atomic E-state index is -0.618. The molecule has 4 rings (SSSR count). The lowest BCUT2D eigenvalue weighted by atomic mass is 10.0. The van der Waals surface area contributed by atoms with Crippen molar-refractivity contribution in [3.8, 4) is 0 Å². The van der Waals surface area contributed by atoms with Gasteiger partial charge in [0.25, 0.3) is 0 Å². The Morgan fingerprint density at radius 3 is 2.54 bits per heavy atom. The monoisotopic (exact) mass is 353 g/mol. The highest BCUT2D eigenvalue weighted by atomic mass is 19.1. The molecule has 3 atom stereocenters. The van der Waals surface area contributed by atoms with Crippen molar-refractivity contribution in [2.24, 2.45) is 0 Å². The summed E-state index contributed by atoms with van der Waals surface area (Å²) in [5, 5.41) is 5.85. The molecule has 2 N–H and O–H groups in total. The molecule has 2 aromatic carbocycles. The van der Waals surface area contributed by atoms with Crippen LogP contribution in [0, 0.1) is 5.82 Å². The summed E-state index contributed by atoms with van der Waals surface area (Å²) < 4.78 is 13.0. The van der Waals surface area contributed by atoms with Crippen LogP contribution in [-0.4, -0.2) is 36.0 Å². The van der Waals surface area contributed by atoms with Crippen molar-refractivity contribution >= 4 is 11.9 Å². The van der Waals surface area contributed by atoms with Crippen molar-refractivity contribution in [2.75, 3.05) is 13.1 Å². The summed E-state index contributed by atoms with van der Waals surface area (Å²) in [7, 11) is 0. The van der Waals surface area contributed by atoms with Crippen molar-refractivity contribution in [2.45, 2.75) is 24.4 Å². The molecule has 0 spiro atoms. The molecular weight excluding hydrogens is 333 g/mol. The molecule has 1 saturated carbocycles. The van der Waals surface area contributed by atoms with Crippen LogP contribution < -0.4 is 10.6 Å². The van der Waals surface area contributed by atoms with E-state index in [0.717, 1.165) is 17.5 Å². The zero-order valence-electron chi connectivity index (χ0n) is 14.2. The number of nitrogens with zero attached hydrogens (tertiary/aromatic N) is 1. The van der Waals surface area contributed by atoms with Gasteiger partial charge in [-0.3, -0.25) is 4.79 Å². The van der Waals surface area contributed by atoms with Gasteiger partial charge in [-0.2, -0.15) is 0 Å². The van der Waals surface area contributed by atoms with E-state index in [9.17, 15) is 14.0 Å². The van der Waals surface area contributed by atoms with Crippen LogP contribution >= 0.6 is 0 Å². The smallest absolute Gasteiger partial charge is 0.318 e. The molecule has 5 nitrogen and oxygen atoms in total. The molecule has 6 heteroatoms. The van der Waals surface area contributed by atoms with Crippen molar-refractivity contribution in [3.05, 3.63) is 71.5 Å². The first kappa shape index (κ1) is 16.6. The topological polar surface area (TPSA) is 61.4 Å². The maximum atomic E-state index is 13.0. The highest BCUT2D eigenvalue weighted by Gasteiger charge is 2.42. The number of halogens is 1. The molecule has 2 aromatic rings. The third-order valence-corrected chi connectivity index (χ3v) is 4.99. The second-order valence-electron chi connectivity index (χ2n) is 6.75. The molecule has 0 radical (unpaired) electrons. The van der Waals surface area contributed by atoms with E-state index in [4.69, 9.17) is 0 Å². The van der Waals surface area contributed by atoms with Gasteiger partial charge in [0.2, 0.25) is 5.91 Å². The zero-order chi connectivity index (χ0) is 18.1. The molecule has 2 fully saturated rings. The Kier molecular flexibility index (Phi) is 4.32. The summed E-state index contributed by atoms with van der Waals surface area (Å²) >= 11 is 0. The van der Waals surface area contributed by atoms with Gasteiger partial charge < -0.3 is 15.5 Å². The van der Waals surface area contributed by atoms with E-state index in [0.29, 0.717) is 13.1 Å². The van der Waals surface area contributed by atoms with E-state index in [1.54, 1.807) is 17.0 Å². The summed E-state index contributed by atoms with van der Waals surface area (Å²) in [6, 6.07) is 14.9. The maximum Gasteiger partial charge on any atom is 0.318 e. The summed E-state index contributed by atoms with van der Waals surface area (Å²) in [4.78, 5) is 26.7. The fourth-order valence-corrected chi connectivity index (χ4v) is 3.53. The lowest BCUT2D eigenvalue weighted by Gasteiger charge is -2.35. The largest absolute Gasteiger partial charge is 0.352 e. The second-order valence-corrected chi connectivity index (χ2v) is 6.75. The van der Waals surface area contributed by atoms with Crippen LogP contribution in [0.1, 0.15) is 29.5 Å². The van der Waals surface area contributed by atoms with Crippen LogP contribution in [0.3, 0.4) is 0 Å². The van der Waals surface area contributed by atoms with Gasteiger partial charge in [-0.15, -0.1) is 0 Å². The second kappa shape index (κ2) is 6.78. The molecular formula is C20H20FN3O2. The van der Waals surface area contributed by atoms with E-state index in [2.05, 4.69) is 10.6 Å². The number of rotatable bonds is 3. The Morgan fingerprint density at radius 1 is 1.08 bits per heavy atom. The number of piperazine rings is 1. The molecule has 26 heavy (non-hydrogen) atoms. The lowest BCUT2D eigenvalue weighted by Crippen LogP contribution is -2.55. The molecule has 1 saturated heterocycles. The maximum absolute atomic E-state index is 13.0. The van der Waals surface area contributed by atoms with E-state index in [-0.39, 0.29) is 29.7 Å². The summed E-state index contributed by atoms with van der Waals surface area (Å²) in [6.07, 6.45) is 0.827. The highest BCUT2D eigenvalue weighted by molar-refractivity contribution is 5.89. The Bertz CT molecular complexity index is 810. The van der Waals surface area contributed by atoms with Gasteiger partial charge in [0.1, 0.15) is 11.9 Å². The van der Waals surface area contributed by atoms with Gasteiger partial charge in [-0.1, -0.05) is 42.5 Å². The van der Waals surface area contributed by atoms with Crippen LogP contribution in [0.15, 0.2) is 54.6 Å². The van der Waals surface area contributed by atoms with Gasteiger partial charge in [0, 0.05) is 25.0 Å². The van der Waals surface area contributed by atoms with Gasteiger partial charge in [-0.25, -0.2) is 9.18 Å². The number of hydrogen-bond acceptors (Lipinski definition) is 2. The predicted molar refractivity (Wildman–Crippen MR) is 95.0 cm³/mol. The zero-order valence-corrected chi connectivity index (χ0v) is 14.2. The Balaban J connectivity index is 1.45. The number of benzene rings is 2. The summed E-state index contributed by atoms with van der Waals surface area (Å²) in [6.45, 7) is 0.909. The molecule has 1 aliphatic heterocycles. The quantitative estimate of drug-likeness (QED) is 0.891. The number of nitrogens with one attached hydrogen (secondary N) is 2. The number of carbonyl (C=O) groups excluding carboxylic acids is 2. The molecule has 0 aromatic heterocycles. The fourth-order valence-electron chi connectivity index (χ4n) is 3.53. The van der Waals surface area contributed by atoms with Gasteiger partial charge in [0.15, 0.2) is 0 Å². The summed E-state index contributed by atoms with van der Waals surface area (Å²) in [5.41, 5.74) is 1.82. The summed E-state index contributed by atoms with van der Waals surface area (Å²) in [5.74, 6) is -0.225. The van der Waals surface area contributed by atoms with Crippen LogP contribution in [0.5, 0.6) is 0 Å². The first-order chi connectivity index (χ1) is 12.6. The Morgan fingerprint density at radius 2 is 1.81 bits per heavy atom. The van der Waals surface area contributed by atoms with Crippen LogP contribution in [0.2, 0.25) is 0 Å². The minimum Gasteiger partial charge on any atom is -0.352 e. The minimum absolute atomic E-state index is 0.0226. The van der Waals surface area contributed by atoms with E-state index < -0.39 is 6.04 Å². The van der Waals surface area contributed by atoms with Crippen molar-refractivity contribution in [3.63, 3.8) is 0 Å². The van der Waals surface area contributed by atoms with Crippen molar-refractivity contribution < 1.29 is 14.0 Å². The third kappa shape index (κ3) is 3.27. The normalized spacial score (nSPS) is 24.7. The first-order valence-corrected chi connectivity index (χ1v) is 8.79. The van der Waals surface area contributed by atoms with E-state index in [1.807, 2.05) is 30.3 Å². The average Bonchev–Trinajstić information content (AvgIpc) is 3.42. The van der Waals surface area contributed by atoms with Crippen molar-refractivity contribution in [1.29, 1.82) is 0 Å². The van der Waals surface area contributed by atoms with Gasteiger partial charge >= 0.3 is 6.03 Å². The standard InChI is InChI=1S/C20H20FN3O2/c21-15-8-6-13(7-9-15)16-12-17(16)23-20(26)24-11-10-22-19(25)18(24)14-4-2-1-3-5-14/h1-9,16-18H,10-12H2,(H,22,25)(H,23,26)/t16-,17+,18?/m0/s1. The van der Waals surface area contributed by atoms with Gasteiger partial charge in [0.05, 0.1) is 0 Å². The number of carbonyl (C=O) groups is 2. The van der Waals surface area contributed by atoms with Crippen LogP contribution in [0.25, 0.3) is 0 Å². The molecule has 134 valence electrons. The molecule has 1 heterocycles. The molecule has 3 amide bonds. The molecule has 1 unspecified atom stereocenters. The number of urea groups is 1.